The Kier molecular flexibility index (Phi) is 4.08. The van der Waals surface area contributed by atoms with Crippen molar-refractivity contribution in [3.63, 3.8) is 0 Å². The lowest BCUT2D eigenvalue weighted by Gasteiger charge is -2.26. The van der Waals surface area contributed by atoms with Gasteiger partial charge in [-0.15, -0.1) is 11.3 Å². The summed E-state index contributed by atoms with van der Waals surface area (Å²) in [7, 11) is 0. The standard InChI is InChI=1S/C17H14N2O3S/c1-2-11-5-7-12(8-6-11)19-16(21)14(15(20)18-17(19)22)10-13-4-3-9-23-13/h3-10H,2H2,1H3,(H,18,20,22). The van der Waals surface area contributed by atoms with E-state index in [-0.39, 0.29) is 5.57 Å². The largest absolute Gasteiger partial charge is 0.335 e. The highest BCUT2D eigenvalue weighted by Crippen LogP contribution is 2.23. The van der Waals surface area contributed by atoms with Gasteiger partial charge >= 0.3 is 6.03 Å². The molecule has 1 aromatic heterocycles. The zero-order chi connectivity index (χ0) is 16.4. The van der Waals surface area contributed by atoms with Gasteiger partial charge in [-0.05, 0) is 41.6 Å². The third kappa shape index (κ3) is 2.93. The molecule has 2 aromatic rings. The first-order chi connectivity index (χ1) is 11.1. The monoisotopic (exact) mass is 326 g/mol. The number of aryl methyl sites for hydroxylation is 1. The topological polar surface area (TPSA) is 66.5 Å². The second-order valence-corrected chi connectivity index (χ2v) is 5.97. The number of hydrogen-bond acceptors (Lipinski definition) is 4. The highest BCUT2D eigenvalue weighted by molar-refractivity contribution is 7.10. The molecule has 1 saturated heterocycles. The molecule has 1 aliphatic heterocycles. The third-order valence-electron chi connectivity index (χ3n) is 3.53. The second kappa shape index (κ2) is 6.18. The van der Waals surface area contributed by atoms with Crippen LogP contribution in [0.3, 0.4) is 0 Å². The molecule has 1 N–H and O–H groups in total. The van der Waals surface area contributed by atoms with E-state index in [0.717, 1.165) is 21.8 Å². The molecule has 116 valence electrons. The zero-order valence-electron chi connectivity index (χ0n) is 12.4. The van der Waals surface area contributed by atoms with Gasteiger partial charge in [-0.2, -0.15) is 0 Å². The van der Waals surface area contributed by atoms with Crippen LogP contribution < -0.4 is 10.2 Å². The molecule has 1 aliphatic rings. The highest BCUT2D eigenvalue weighted by Gasteiger charge is 2.36. The first kappa shape index (κ1) is 15.2. The number of rotatable bonds is 3. The van der Waals surface area contributed by atoms with Crippen molar-refractivity contribution in [3.8, 4) is 0 Å². The van der Waals surface area contributed by atoms with Crippen molar-refractivity contribution < 1.29 is 14.4 Å². The van der Waals surface area contributed by atoms with E-state index in [9.17, 15) is 14.4 Å². The van der Waals surface area contributed by atoms with Crippen LogP contribution in [0.1, 0.15) is 17.4 Å². The van der Waals surface area contributed by atoms with Crippen LogP contribution in [-0.2, 0) is 16.0 Å². The average Bonchev–Trinajstić information content (AvgIpc) is 3.05. The number of anilines is 1. The summed E-state index contributed by atoms with van der Waals surface area (Å²) in [6.45, 7) is 2.02. The van der Waals surface area contributed by atoms with Crippen molar-refractivity contribution in [1.82, 2.24) is 5.32 Å². The van der Waals surface area contributed by atoms with Crippen LogP contribution in [0.15, 0.2) is 47.4 Å². The van der Waals surface area contributed by atoms with Gasteiger partial charge in [0.2, 0.25) is 0 Å². The molecule has 0 radical (unpaired) electrons. The summed E-state index contributed by atoms with van der Waals surface area (Å²) in [6, 6.07) is 10.0. The van der Waals surface area contributed by atoms with Crippen molar-refractivity contribution in [2.45, 2.75) is 13.3 Å². The summed E-state index contributed by atoms with van der Waals surface area (Å²) in [6.07, 6.45) is 2.37. The summed E-state index contributed by atoms with van der Waals surface area (Å²) < 4.78 is 0. The van der Waals surface area contributed by atoms with Crippen LogP contribution in [0, 0.1) is 0 Å². The van der Waals surface area contributed by atoms with Crippen LogP contribution >= 0.6 is 11.3 Å². The molecule has 6 heteroatoms. The molecule has 3 rings (SSSR count). The quantitative estimate of drug-likeness (QED) is 0.696. The number of carbonyl (C=O) groups is 3. The number of thiophene rings is 1. The van der Waals surface area contributed by atoms with E-state index in [4.69, 9.17) is 0 Å². The fourth-order valence-corrected chi connectivity index (χ4v) is 2.95. The van der Waals surface area contributed by atoms with Crippen molar-refractivity contribution in [2.24, 2.45) is 0 Å². The van der Waals surface area contributed by atoms with Crippen molar-refractivity contribution in [3.05, 3.63) is 57.8 Å². The minimum atomic E-state index is -0.729. The van der Waals surface area contributed by atoms with E-state index in [1.165, 1.54) is 17.4 Å². The number of barbiturate groups is 1. The molecule has 4 amide bonds. The van der Waals surface area contributed by atoms with Gasteiger partial charge < -0.3 is 0 Å². The van der Waals surface area contributed by atoms with Gasteiger partial charge in [0.1, 0.15) is 5.57 Å². The van der Waals surface area contributed by atoms with E-state index in [2.05, 4.69) is 5.32 Å². The first-order valence-corrected chi connectivity index (χ1v) is 8.02. The summed E-state index contributed by atoms with van der Waals surface area (Å²) in [5.74, 6) is -1.29. The number of urea groups is 1. The first-order valence-electron chi connectivity index (χ1n) is 7.14. The number of nitrogens with zero attached hydrogens (tertiary/aromatic N) is 1. The molecule has 1 fully saturated rings. The zero-order valence-corrected chi connectivity index (χ0v) is 13.2. The molecule has 0 bridgehead atoms. The molecule has 1 aromatic carbocycles. The Labute approximate surface area is 137 Å². The Hall–Kier alpha value is -2.73. The van der Waals surface area contributed by atoms with Gasteiger partial charge in [-0.25, -0.2) is 9.69 Å². The fourth-order valence-electron chi connectivity index (χ4n) is 2.29. The molecular formula is C17H14N2O3S. The number of hydrogen-bond donors (Lipinski definition) is 1. The van der Waals surface area contributed by atoms with Crippen molar-refractivity contribution in [2.75, 3.05) is 4.90 Å². The van der Waals surface area contributed by atoms with Gasteiger partial charge in [0.05, 0.1) is 5.69 Å². The van der Waals surface area contributed by atoms with Crippen LogP contribution in [0.5, 0.6) is 0 Å². The molecule has 0 aliphatic carbocycles. The normalized spacial score (nSPS) is 16.8. The SMILES string of the molecule is CCc1ccc(N2C(=O)NC(=O)C(=Cc3cccs3)C2=O)cc1. The molecule has 0 spiro atoms. The third-order valence-corrected chi connectivity index (χ3v) is 4.35. The Morgan fingerprint density at radius 3 is 2.48 bits per heavy atom. The smallest absolute Gasteiger partial charge is 0.273 e. The highest BCUT2D eigenvalue weighted by atomic mass is 32.1. The van der Waals surface area contributed by atoms with Crippen molar-refractivity contribution in [1.29, 1.82) is 0 Å². The minimum Gasteiger partial charge on any atom is -0.273 e. The molecule has 23 heavy (non-hydrogen) atoms. The Morgan fingerprint density at radius 2 is 1.87 bits per heavy atom. The predicted octanol–water partition coefficient (Wildman–Crippen LogP) is 2.98. The number of nitrogens with one attached hydrogen (secondary N) is 1. The number of benzene rings is 1. The Balaban J connectivity index is 1.98. The van der Waals surface area contributed by atoms with E-state index in [1.807, 2.05) is 30.5 Å². The molecule has 2 heterocycles. The molecule has 0 atom stereocenters. The van der Waals surface area contributed by atoms with Gasteiger partial charge in [-0.1, -0.05) is 25.1 Å². The van der Waals surface area contributed by atoms with E-state index < -0.39 is 17.8 Å². The van der Waals surface area contributed by atoms with Crippen LogP contribution in [-0.4, -0.2) is 17.8 Å². The summed E-state index contributed by atoms with van der Waals surface area (Å²) in [5.41, 5.74) is 1.49. The fraction of sp³-hybridized carbons (Fsp3) is 0.118. The summed E-state index contributed by atoms with van der Waals surface area (Å²) >= 11 is 1.41. The van der Waals surface area contributed by atoms with Crippen LogP contribution in [0.25, 0.3) is 6.08 Å². The van der Waals surface area contributed by atoms with Gasteiger partial charge in [-0.3, -0.25) is 14.9 Å². The van der Waals surface area contributed by atoms with E-state index in [1.54, 1.807) is 18.2 Å². The number of imide groups is 2. The van der Waals surface area contributed by atoms with E-state index >= 15 is 0 Å². The van der Waals surface area contributed by atoms with Crippen LogP contribution in [0.2, 0.25) is 0 Å². The maximum absolute atomic E-state index is 12.6. The number of amides is 4. The van der Waals surface area contributed by atoms with Gasteiger partial charge in [0.15, 0.2) is 0 Å². The molecule has 0 saturated carbocycles. The lowest BCUT2D eigenvalue weighted by atomic mass is 10.1. The average molecular weight is 326 g/mol. The van der Waals surface area contributed by atoms with Crippen molar-refractivity contribution >= 4 is 40.9 Å². The lowest BCUT2D eigenvalue weighted by molar-refractivity contribution is -0.122. The lowest BCUT2D eigenvalue weighted by Crippen LogP contribution is -2.54. The summed E-state index contributed by atoms with van der Waals surface area (Å²) in [4.78, 5) is 38.4. The minimum absolute atomic E-state index is 0.0494. The predicted molar refractivity (Wildman–Crippen MR) is 89.1 cm³/mol. The summed E-state index contributed by atoms with van der Waals surface area (Å²) in [5, 5.41) is 4.06. The maximum atomic E-state index is 12.6. The van der Waals surface area contributed by atoms with Gasteiger partial charge in [0.25, 0.3) is 11.8 Å². The molecule has 0 unspecified atom stereocenters. The number of carbonyl (C=O) groups excluding carboxylic acids is 3. The second-order valence-electron chi connectivity index (χ2n) is 4.99. The Morgan fingerprint density at radius 1 is 1.13 bits per heavy atom. The Bertz CT molecular complexity index is 792. The molecule has 5 nitrogen and oxygen atoms in total. The maximum Gasteiger partial charge on any atom is 0.335 e. The van der Waals surface area contributed by atoms with Crippen LogP contribution in [0.4, 0.5) is 10.5 Å². The molecular weight excluding hydrogens is 312 g/mol. The van der Waals surface area contributed by atoms with Gasteiger partial charge in [0, 0.05) is 4.88 Å². The van der Waals surface area contributed by atoms with E-state index in [0.29, 0.717) is 5.69 Å².